The zero-order valence-corrected chi connectivity index (χ0v) is 13.5. The summed E-state index contributed by atoms with van der Waals surface area (Å²) in [6, 6.07) is 4.43. The van der Waals surface area contributed by atoms with Crippen LogP contribution in [-0.2, 0) is 22.6 Å². The number of nitrogens with zero attached hydrogens (tertiary/aromatic N) is 2. The van der Waals surface area contributed by atoms with Crippen LogP contribution in [0.25, 0.3) is 0 Å². The van der Waals surface area contributed by atoms with Crippen molar-refractivity contribution in [3.8, 4) is 5.75 Å². The molecular weight excluding hydrogens is 314 g/mol. The maximum absolute atomic E-state index is 12.6. The molecule has 0 aliphatic rings. The second-order valence-electron chi connectivity index (χ2n) is 4.64. The van der Waals surface area contributed by atoms with E-state index in [2.05, 4.69) is 5.10 Å². The summed E-state index contributed by atoms with van der Waals surface area (Å²) in [6.45, 7) is 1.72. The quantitative estimate of drug-likeness (QED) is 0.866. The number of halogens is 1. The van der Waals surface area contributed by atoms with E-state index in [1.54, 1.807) is 14.0 Å². The predicted octanol–water partition coefficient (Wildman–Crippen LogP) is 1.95. The lowest BCUT2D eigenvalue weighted by molar-refractivity contribution is 0.403. The molecule has 0 aliphatic carbocycles. The fraction of sp³-hybridized carbons (Fsp3) is 0.308. The van der Waals surface area contributed by atoms with Gasteiger partial charge in [0.25, 0.3) is 0 Å². The van der Waals surface area contributed by atoms with E-state index in [1.807, 2.05) is 0 Å². The number of aryl methyl sites for hydroxylation is 2. The van der Waals surface area contributed by atoms with Crippen LogP contribution in [0.1, 0.15) is 11.4 Å². The molecule has 1 aromatic heterocycles. The number of aromatic nitrogens is 2. The summed E-state index contributed by atoms with van der Waals surface area (Å²) in [6.07, 6.45) is 0. The summed E-state index contributed by atoms with van der Waals surface area (Å²) in [5, 5.41) is 4.47. The number of rotatable bonds is 4. The summed E-state index contributed by atoms with van der Waals surface area (Å²) in [7, 11) is -0.576. The highest BCUT2D eigenvalue weighted by Gasteiger charge is 2.24. The van der Waals surface area contributed by atoms with E-state index in [-0.39, 0.29) is 16.4 Å². The van der Waals surface area contributed by atoms with Crippen molar-refractivity contribution in [2.24, 2.45) is 7.05 Å². The Morgan fingerprint density at radius 2 is 2.10 bits per heavy atom. The average Bonchev–Trinajstić information content (AvgIpc) is 2.64. The van der Waals surface area contributed by atoms with Gasteiger partial charge in [-0.25, -0.2) is 8.42 Å². The molecule has 0 bridgehead atoms. The first-order valence-electron chi connectivity index (χ1n) is 6.10. The third kappa shape index (κ3) is 2.98. The molecular formula is C13H16ClN3O3S. The van der Waals surface area contributed by atoms with Crippen LogP contribution in [0.3, 0.4) is 0 Å². The van der Waals surface area contributed by atoms with E-state index in [4.69, 9.17) is 22.1 Å². The second-order valence-corrected chi connectivity index (χ2v) is 6.98. The van der Waals surface area contributed by atoms with Crippen molar-refractivity contribution in [3.63, 3.8) is 0 Å². The lowest BCUT2D eigenvalue weighted by Crippen LogP contribution is -2.10. The largest absolute Gasteiger partial charge is 0.495 e. The summed E-state index contributed by atoms with van der Waals surface area (Å²) < 4.78 is 31.7. The Morgan fingerprint density at radius 3 is 2.62 bits per heavy atom. The highest BCUT2D eigenvalue weighted by molar-refractivity contribution is 7.90. The minimum absolute atomic E-state index is 0.0779. The Hall–Kier alpha value is -1.73. The van der Waals surface area contributed by atoms with Crippen molar-refractivity contribution in [3.05, 3.63) is 34.6 Å². The zero-order chi connectivity index (χ0) is 15.8. The van der Waals surface area contributed by atoms with Crippen molar-refractivity contribution in [2.45, 2.75) is 17.6 Å². The fourth-order valence-electron chi connectivity index (χ4n) is 2.04. The Kier molecular flexibility index (Phi) is 4.15. The molecule has 0 fully saturated rings. The predicted molar refractivity (Wildman–Crippen MR) is 81.3 cm³/mol. The molecule has 2 N–H and O–H groups in total. The van der Waals surface area contributed by atoms with E-state index in [1.165, 1.54) is 30.0 Å². The second kappa shape index (κ2) is 5.57. The molecule has 8 heteroatoms. The molecule has 0 atom stereocenters. The average molecular weight is 330 g/mol. The third-order valence-electron chi connectivity index (χ3n) is 3.11. The van der Waals surface area contributed by atoms with Crippen molar-refractivity contribution in [1.29, 1.82) is 0 Å². The van der Waals surface area contributed by atoms with Gasteiger partial charge in [-0.3, -0.25) is 4.68 Å². The number of hydrogen-bond acceptors (Lipinski definition) is 5. The minimum atomic E-state index is -3.63. The van der Waals surface area contributed by atoms with Crippen LogP contribution in [0, 0.1) is 6.92 Å². The Balaban J connectivity index is 2.48. The zero-order valence-electron chi connectivity index (χ0n) is 11.9. The number of methoxy groups -OCH3 is 1. The molecule has 6 nitrogen and oxygen atoms in total. The minimum Gasteiger partial charge on any atom is -0.495 e. The maximum atomic E-state index is 12.6. The van der Waals surface area contributed by atoms with Crippen molar-refractivity contribution in [1.82, 2.24) is 9.78 Å². The Labute approximate surface area is 128 Å². The van der Waals surface area contributed by atoms with Crippen LogP contribution < -0.4 is 10.5 Å². The van der Waals surface area contributed by atoms with Gasteiger partial charge in [0.2, 0.25) is 0 Å². The molecule has 114 valence electrons. The first-order chi connectivity index (χ1) is 9.76. The molecule has 0 saturated carbocycles. The van der Waals surface area contributed by atoms with E-state index < -0.39 is 9.84 Å². The number of benzene rings is 1. The fourth-order valence-corrected chi connectivity index (χ4v) is 3.91. The van der Waals surface area contributed by atoms with Crippen molar-refractivity contribution in [2.75, 3.05) is 12.8 Å². The van der Waals surface area contributed by atoms with Gasteiger partial charge in [-0.2, -0.15) is 5.10 Å². The number of nitrogen functional groups attached to an aromatic ring is 1. The Morgan fingerprint density at radius 1 is 1.43 bits per heavy atom. The number of sulfone groups is 1. The van der Waals surface area contributed by atoms with Gasteiger partial charge >= 0.3 is 0 Å². The van der Waals surface area contributed by atoms with Gasteiger partial charge in [0.05, 0.1) is 29.3 Å². The van der Waals surface area contributed by atoms with Crippen LogP contribution in [0.15, 0.2) is 23.1 Å². The van der Waals surface area contributed by atoms with Gasteiger partial charge in [0.1, 0.15) is 10.6 Å². The molecule has 0 aliphatic heterocycles. The van der Waals surface area contributed by atoms with Gasteiger partial charge in [0, 0.05) is 18.8 Å². The van der Waals surface area contributed by atoms with Crippen LogP contribution >= 0.6 is 11.6 Å². The maximum Gasteiger partial charge on any atom is 0.187 e. The molecule has 2 rings (SSSR count). The van der Waals surface area contributed by atoms with Gasteiger partial charge in [-0.15, -0.1) is 0 Å². The number of anilines is 1. The molecule has 1 heterocycles. The monoisotopic (exact) mass is 329 g/mol. The lowest BCUT2D eigenvalue weighted by atomic mass is 10.3. The molecule has 2 aromatic rings. The normalized spacial score (nSPS) is 11.6. The van der Waals surface area contributed by atoms with E-state index >= 15 is 0 Å². The van der Waals surface area contributed by atoms with Crippen molar-refractivity contribution < 1.29 is 13.2 Å². The summed E-state index contributed by atoms with van der Waals surface area (Å²) in [4.78, 5) is 0.0779. The highest BCUT2D eigenvalue weighted by Crippen LogP contribution is 2.30. The molecule has 0 amide bonds. The Bertz CT molecular complexity index is 784. The molecule has 0 radical (unpaired) electrons. The molecule has 0 spiro atoms. The SMILES string of the molecule is COc1cc(N)ccc1S(=O)(=O)Cc1c(Cl)c(C)nn1C. The summed E-state index contributed by atoms with van der Waals surface area (Å²) in [5.41, 5.74) is 7.10. The van der Waals surface area contributed by atoms with Gasteiger partial charge in [0.15, 0.2) is 9.84 Å². The van der Waals surface area contributed by atoms with Crippen LogP contribution in [0.2, 0.25) is 5.02 Å². The van der Waals surface area contributed by atoms with Crippen LogP contribution in [0.5, 0.6) is 5.75 Å². The first-order valence-corrected chi connectivity index (χ1v) is 8.13. The molecule has 21 heavy (non-hydrogen) atoms. The third-order valence-corrected chi connectivity index (χ3v) is 5.26. The van der Waals surface area contributed by atoms with Crippen LogP contribution in [0.4, 0.5) is 5.69 Å². The van der Waals surface area contributed by atoms with E-state index in [0.29, 0.717) is 22.1 Å². The molecule has 0 unspecified atom stereocenters. The lowest BCUT2D eigenvalue weighted by Gasteiger charge is -2.10. The van der Waals surface area contributed by atoms with Gasteiger partial charge in [-0.1, -0.05) is 11.6 Å². The van der Waals surface area contributed by atoms with Gasteiger partial charge < -0.3 is 10.5 Å². The van der Waals surface area contributed by atoms with Gasteiger partial charge in [-0.05, 0) is 19.1 Å². The van der Waals surface area contributed by atoms with Crippen molar-refractivity contribution >= 4 is 27.1 Å². The standard InChI is InChI=1S/C13H16ClN3O3S/c1-8-13(14)10(17(2)16-8)7-21(18,19)12-5-4-9(15)6-11(12)20-3/h4-6H,7,15H2,1-3H3. The van der Waals surface area contributed by atoms with Crippen LogP contribution in [-0.4, -0.2) is 25.3 Å². The summed E-state index contributed by atoms with van der Waals surface area (Å²) >= 11 is 6.11. The molecule has 1 aromatic carbocycles. The summed E-state index contributed by atoms with van der Waals surface area (Å²) in [5.74, 6) is -0.0475. The number of hydrogen-bond donors (Lipinski definition) is 1. The number of nitrogens with two attached hydrogens (primary N) is 1. The highest BCUT2D eigenvalue weighted by atomic mass is 35.5. The smallest absolute Gasteiger partial charge is 0.187 e. The molecule has 0 saturated heterocycles. The number of ether oxygens (including phenoxy) is 1. The topological polar surface area (TPSA) is 87.2 Å². The van der Waals surface area contributed by atoms with E-state index in [0.717, 1.165) is 0 Å². The van der Waals surface area contributed by atoms with E-state index in [9.17, 15) is 8.42 Å². The first kappa shape index (κ1) is 15.7.